The Bertz CT molecular complexity index is 713. The molecule has 2 fully saturated rings. The van der Waals surface area contributed by atoms with E-state index in [0.717, 1.165) is 45.6 Å². The second-order valence-electron chi connectivity index (χ2n) is 7.20. The highest BCUT2D eigenvalue weighted by atomic mass is 16.5. The lowest BCUT2D eigenvalue weighted by Crippen LogP contribution is -2.45. The van der Waals surface area contributed by atoms with Gasteiger partial charge in [-0.25, -0.2) is 0 Å². The zero-order valence-corrected chi connectivity index (χ0v) is 15.5. The number of carbonyl (C=O) groups is 1. The third-order valence-electron chi connectivity index (χ3n) is 5.46. The predicted molar refractivity (Wildman–Crippen MR) is 99.8 cm³/mol. The van der Waals surface area contributed by atoms with E-state index in [1.54, 1.807) is 13.2 Å². The number of methoxy groups -OCH3 is 1. The lowest BCUT2D eigenvalue weighted by molar-refractivity contribution is 0.0744. The number of hydrogen-bond donors (Lipinski definition) is 0. The van der Waals surface area contributed by atoms with Crippen LogP contribution in [0.1, 0.15) is 23.2 Å². The molecule has 3 heterocycles. The van der Waals surface area contributed by atoms with Crippen molar-refractivity contribution < 1.29 is 14.3 Å². The fourth-order valence-electron chi connectivity index (χ4n) is 3.76. The summed E-state index contributed by atoms with van der Waals surface area (Å²) in [4.78, 5) is 23.9. The van der Waals surface area contributed by atoms with Gasteiger partial charge in [0.25, 0.3) is 5.91 Å². The highest BCUT2D eigenvalue weighted by Gasteiger charge is 2.32. The van der Waals surface area contributed by atoms with Gasteiger partial charge in [-0.2, -0.15) is 0 Å². The molecule has 0 unspecified atom stereocenters. The van der Waals surface area contributed by atoms with Crippen molar-refractivity contribution in [2.24, 2.45) is 4.99 Å². The van der Waals surface area contributed by atoms with Crippen molar-refractivity contribution in [3.63, 3.8) is 0 Å². The molecule has 1 aromatic carbocycles. The Kier molecular flexibility index (Phi) is 4.82. The van der Waals surface area contributed by atoms with Gasteiger partial charge in [0.2, 0.25) is 0 Å². The molecule has 140 valence electrons. The lowest BCUT2D eigenvalue weighted by atomic mass is 10.1. The molecule has 3 aliphatic rings. The molecule has 3 aliphatic heterocycles. The SMILES string of the molecule is COc1cc2c(cc1OCN1CCN(C)CC1)N=C[C@@H]1CCCN1C2=O. The quantitative estimate of drug-likeness (QED) is 0.818. The molecule has 7 nitrogen and oxygen atoms in total. The third-order valence-corrected chi connectivity index (χ3v) is 5.46. The van der Waals surface area contributed by atoms with Gasteiger partial charge in [-0.1, -0.05) is 0 Å². The summed E-state index contributed by atoms with van der Waals surface area (Å²) in [6.45, 7) is 5.35. The first-order chi connectivity index (χ1) is 12.7. The second kappa shape index (κ2) is 7.25. The van der Waals surface area contributed by atoms with Crippen LogP contribution in [0.2, 0.25) is 0 Å². The molecule has 0 aliphatic carbocycles. The normalized spacial score (nSPS) is 23.5. The highest BCUT2D eigenvalue weighted by Crippen LogP contribution is 2.38. The molecule has 1 aromatic rings. The molecule has 0 bridgehead atoms. The van der Waals surface area contributed by atoms with Gasteiger partial charge in [0, 0.05) is 45.0 Å². The van der Waals surface area contributed by atoms with E-state index in [0.29, 0.717) is 29.5 Å². The van der Waals surface area contributed by atoms with Gasteiger partial charge in [0.15, 0.2) is 11.5 Å². The predicted octanol–water partition coefficient (Wildman–Crippen LogP) is 1.60. The van der Waals surface area contributed by atoms with E-state index in [-0.39, 0.29) is 11.9 Å². The van der Waals surface area contributed by atoms with Gasteiger partial charge in [0.1, 0.15) is 6.73 Å². The Balaban J connectivity index is 1.55. The van der Waals surface area contributed by atoms with Crippen LogP contribution in [0.3, 0.4) is 0 Å². The average Bonchev–Trinajstić information content (AvgIpc) is 3.09. The van der Waals surface area contributed by atoms with Crippen LogP contribution in [0.5, 0.6) is 11.5 Å². The van der Waals surface area contributed by atoms with Gasteiger partial charge in [-0.05, 0) is 26.0 Å². The Morgan fingerprint density at radius 1 is 1.15 bits per heavy atom. The number of likely N-dealkylation sites (N-methyl/N-ethyl adjacent to an activating group) is 1. The van der Waals surface area contributed by atoms with Gasteiger partial charge < -0.3 is 19.3 Å². The topological polar surface area (TPSA) is 57.6 Å². The Morgan fingerprint density at radius 2 is 1.96 bits per heavy atom. The van der Waals surface area contributed by atoms with Crippen molar-refractivity contribution in [2.75, 3.05) is 53.6 Å². The molecule has 2 saturated heterocycles. The number of aliphatic imine (C=N–C) groups is 1. The molecular formula is C19H26N4O3. The fraction of sp³-hybridized carbons (Fsp3) is 0.579. The van der Waals surface area contributed by atoms with Crippen LogP contribution in [0.4, 0.5) is 5.69 Å². The molecule has 1 atom stereocenters. The summed E-state index contributed by atoms with van der Waals surface area (Å²) in [6, 6.07) is 3.71. The van der Waals surface area contributed by atoms with E-state index in [4.69, 9.17) is 9.47 Å². The second-order valence-corrected chi connectivity index (χ2v) is 7.20. The number of ether oxygens (including phenoxy) is 2. The Hall–Kier alpha value is -2.12. The first kappa shape index (κ1) is 17.3. The minimum absolute atomic E-state index is 0.0314. The minimum Gasteiger partial charge on any atom is -0.493 e. The van der Waals surface area contributed by atoms with Gasteiger partial charge >= 0.3 is 0 Å². The highest BCUT2D eigenvalue weighted by molar-refractivity contribution is 6.03. The number of hydrogen-bond acceptors (Lipinski definition) is 6. The van der Waals surface area contributed by atoms with Gasteiger partial charge in [0.05, 0.1) is 24.4 Å². The van der Waals surface area contributed by atoms with E-state index < -0.39 is 0 Å². The Morgan fingerprint density at radius 3 is 2.73 bits per heavy atom. The van der Waals surface area contributed by atoms with Crippen molar-refractivity contribution in [3.05, 3.63) is 17.7 Å². The smallest absolute Gasteiger partial charge is 0.256 e. The first-order valence-electron chi connectivity index (χ1n) is 9.26. The zero-order chi connectivity index (χ0) is 18.1. The molecule has 0 spiro atoms. The number of nitrogens with zero attached hydrogens (tertiary/aromatic N) is 4. The molecule has 0 aromatic heterocycles. The van der Waals surface area contributed by atoms with E-state index >= 15 is 0 Å². The number of amides is 1. The largest absolute Gasteiger partial charge is 0.493 e. The maximum atomic E-state index is 12.9. The van der Waals surface area contributed by atoms with Crippen LogP contribution in [0.25, 0.3) is 0 Å². The average molecular weight is 358 g/mol. The van der Waals surface area contributed by atoms with Gasteiger partial charge in [-0.15, -0.1) is 0 Å². The van der Waals surface area contributed by atoms with Crippen molar-refractivity contribution in [1.29, 1.82) is 0 Å². The summed E-state index contributed by atoms with van der Waals surface area (Å²) in [7, 11) is 3.74. The monoisotopic (exact) mass is 358 g/mol. The molecule has 0 saturated carbocycles. The number of fused-ring (bicyclic) bond motifs is 2. The number of carbonyl (C=O) groups excluding carboxylic acids is 1. The summed E-state index contributed by atoms with van der Waals surface area (Å²) in [5.74, 6) is 1.25. The standard InChI is InChI=1S/C19H26N4O3/c1-21-6-8-22(9-7-21)13-26-18-11-16-15(10-17(18)25-2)19(24)23-5-3-4-14(23)12-20-16/h10-12,14H,3-9,13H2,1-2H3/t14-/m0/s1. The molecule has 0 radical (unpaired) electrons. The van der Waals surface area contributed by atoms with E-state index in [1.807, 2.05) is 17.2 Å². The van der Waals surface area contributed by atoms with Crippen molar-refractivity contribution in [3.8, 4) is 11.5 Å². The van der Waals surface area contributed by atoms with Crippen LogP contribution in [0.15, 0.2) is 17.1 Å². The number of piperazine rings is 1. The molecule has 7 heteroatoms. The maximum Gasteiger partial charge on any atom is 0.256 e. The summed E-state index contributed by atoms with van der Waals surface area (Å²) in [5, 5.41) is 0. The van der Waals surface area contributed by atoms with Crippen LogP contribution in [-0.4, -0.2) is 86.5 Å². The fourth-order valence-corrected chi connectivity index (χ4v) is 3.76. The van der Waals surface area contributed by atoms with Gasteiger partial charge in [-0.3, -0.25) is 14.7 Å². The molecule has 1 amide bonds. The van der Waals surface area contributed by atoms with Crippen molar-refractivity contribution in [2.45, 2.75) is 18.9 Å². The molecular weight excluding hydrogens is 332 g/mol. The maximum absolute atomic E-state index is 12.9. The van der Waals surface area contributed by atoms with Crippen molar-refractivity contribution >= 4 is 17.8 Å². The minimum atomic E-state index is 0.0314. The summed E-state index contributed by atoms with van der Waals surface area (Å²) >= 11 is 0. The summed E-state index contributed by atoms with van der Waals surface area (Å²) < 4.78 is 11.5. The van der Waals surface area contributed by atoms with E-state index in [1.165, 1.54) is 0 Å². The van der Waals surface area contributed by atoms with E-state index in [2.05, 4.69) is 21.8 Å². The summed E-state index contributed by atoms with van der Waals surface area (Å²) in [6.07, 6.45) is 3.90. The molecule has 4 rings (SSSR count). The van der Waals surface area contributed by atoms with Crippen LogP contribution < -0.4 is 9.47 Å². The van der Waals surface area contributed by atoms with Crippen LogP contribution >= 0.6 is 0 Å². The summed E-state index contributed by atoms with van der Waals surface area (Å²) in [5.41, 5.74) is 1.26. The third kappa shape index (κ3) is 3.29. The lowest BCUT2D eigenvalue weighted by Gasteiger charge is -2.32. The Labute approximate surface area is 154 Å². The number of rotatable bonds is 4. The number of benzene rings is 1. The first-order valence-corrected chi connectivity index (χ1v) is 9.26. The van der Waals surface area contributed by atoms with Crippen LogP contribution in [-0.2, 0) is 0 Å². The molecule has 0 N–H and O–H groups in total. The zero-order valence-electron chi connectivity index (χ0n) is 15.5. The van der Waals surface area contributed by atoms with E-state index in [9.17, 15) is 4.79 Å². The van der Waals surface area contributed by atoms with Crippen LogP contribution in [0, 0.1) is 0 Å². The molecule has 26 heavy (non-hydrogen) atoms. The van der Waals surface area contributed by atoms with Crippen molar-refractivity contribution in [1.82, 2.24) is 14.7 Å².